The van der Waals surface area contributed by atoms with Crippen molar-refractivity contribution in [2.24, 2.45) is 11.8 Å². The van der Waals surface area contributed by atoms with E-state index in [0.717, 1.165) is 25.3 Å². The molecule has 3 aliphatic rings. The number of hydrogen-bond acceptors (Lipinski definition) is 2. The lowest BCUT2D eigenvalue weighted by molar-refractivity contribution is -0.131. The van der Waals surface area contributed by atoms with Crippen LogP contribution in [0.3, 0.4) is 0 Å². The van der Waals surface area contributed by atoms with Crippen molar-refractivity contribution in [1.29, 1.82) is 0 Å². The molecule has 0 aromatic carbocycles. The summed E-state index contributed by atoms with van der Waals surface area (Å²) in [5, 5.41) is 3.70. The molecule has 0 aromatic rings. The van der Waals surface area contributed by atoms with Crippen molar-refractivity contribution < 1.29 is 4.79 Å². The molecule has 21 heavy (non-hydrogen) atoms. The summed E-state index contributed by atoms with van der Waals surface area (Å²) in [6.45, 7) is 3.20. The first-order valence-corrected chi connectivity index (χ1v) is 9.36. The molecule has 1 saturated heterocycles. The first-order chi connectivity index (χ1) is 10.3. The van der Waals surface area contributed by atoms with E-state index in [2.05, 4.69) is 17.1 Å². The second-order valence-electron chi connectivity index (χ2n) is 7.49. The van der Waals surface area contributed by atoms with Crippen LogP contribution in [0.4, 0.5) is 0 Å². The Kier molecular flexibility index (Phi) is 5.20. The molecule has 2 aliphatic carbocycles. The molecule has 3 fully saturated rings. The lowest BCUT2D eigenvalue weighted by Crippen LogP contribution is -2.44. The van der Waals surface area contributed by atoms with Gasteiger partial charge in [-0.1, -0.05) is 45.4 Å². The van der Waals surface area contributed by atoms with Gasteiger partial charge in [0.15, 0.2) is 0 Å². The lowest BCUT2D eigenvalue weighted by Gasteiger charge is -2.33. The molecule has 3 heteroatoms. The SMILES string of the molecule is CCCC1NC(C2CCCC2)N(CC2CCCCC2)C1=O. The predicted octanol–water partition coefficient (Wildman–Crippen LogP) is 3.68. The summed E-state index contributed by atoms with van der Waals surface area (Å²) in [5.41, 5.74) is 0. The van der Waals surface area contributed by atoms with Crippen LogP contribution in [0.15, 0.2) is 0 Å². The van der Waals surface area contributed by atoms with Gasteiger partial charge in [-0.05, 0) is 43.9 Å². The van der Waals surface area contributed by atoms with Crippen molar-refractivity contribution in [2.75, 3.05) is 6.54 Å². The molecule has 0 aromatic heterocycles. The van der Waals surface area contributed by atoms with Gasteiger partial charge in [0, 0.05) is 6.54 Å². The number of nitrogens with zero attached hydrogens (tertiary/aromatic N) is 1. The maximum absolute atomic E-state index is 12.8. The number of hydrogen-bond donors (Lipinski definition) is 1. The Morgan fingerprint density at radius 2 is 1.71 bits per heavy atom. The fourth-order valence-corrected chi connectivity index (χ4v) is 4.72. The van der Waals surface area contributed by atoms with E-state index < -0.39 is 0 Å². The molecular weight excluding hydrogens is 260 g/mol. The average Bonchev–Trinajstić information content (AvgIpc) is 3.12. The number of amides is 1. The zero-order valence-electron chi connectivity index (χ0n) is 13.7. The zero-order valence-corrected chi connectivity index (χ0v) is 13.7. The highest BCUT2D eigenvalue weighted by Crippen LogP contribution is 2.34. The third kappa shape index (κ3) is 3.44. The summed E-state index contributed by atoms with van der Waals surface area (Å²) >= 11 is 0. The Bertz CT molecular complexity index is 345. The fourth-order valence-electron chi connectivity index (χ4n) is 4.72. The minimum atomic E-state index is 0.101. The van der Waals surface area contributed by atoms with Crippen LogP contribution in [0.2, 0.25) is 0 Å². The van der Waals surface area contributed by atoms with E-state index in [4.69, 9.17) is 0 Å². The van der Waals surface area contributed by atoms with Gasteiger partial charge in [0.2, 0.25) is 5.91 Å². The molecule has 1 heterocycles. The molecule has 1 aliphatic heterocycles. The van der Waals surface area contributed by atoms with E-state index in [-0.39, 0.29) is 6.04 Å². The molecule has 0 spiro atoms. The highest BCUT2D eigenvalue weighted by Gasteiger charge is 2.43. The van der Waals surface area contributed by atoms with Crippen LogP contribution >= 0.6 is 0 Å². The van der Waals surface area contributed by atoms with Gasteiger partial charge in [-0.2, -0.15) is 0 Å². The van der Waals surface area contributed by atoms with Crippen LogP contribution in [-0.2, 0) is 4.79 Å². The van der Waals surface area contributed by atoms with Gasteiger partial charge >= 0.3 is 0 Å². The van der Waals surface area contributed by atoms with E-state index in [9.17, 15) is 4.79 Å². The molecule has 2 atom stereocenters. The fraction of sp³-hybridized carbons (Fsp3) is 0.944. The minimum Gasteiger partial charge on any atom is -0.325 e. The molecular formula is C18H32N2O. The van der Waals surface area contributed by atoms with Gasteiger partial charge in [0.25, 0.3) is 0 Å². The standard InChI is InChI=1S/C18H32N2O/c1-2-8-16-18(21)20(13-14-9-4-3-5-10-14)17(19-16)15-11-6-7-12-15/h14-17,19H,2-13H2,1H3. The molecule has 0 bridgehead atoms. The average molecular weight is 292 g/mol. The van der Waals surface area contributed by atoms with Crippen molar-refractivity contribution in [1.82, 2.24) is 10.2 Å². The van der Waals surface area contributed by atoms with E-state index in [1.165, 1.54) is 57.8 Å². The molecule has 1 amide bonds. The molecule has 3 rings (SSSR count). The second-order valence-corrected chi connectivity index (χ2v) is 7.49. The first kappa shape index (κ1) is 15.3. The van der Waals surface area contributed by atoms with Gasteiger partial charge in [-0.25, -0.2) is 0 Å². The molecule has 0 radical (unpaired) electrons. The van der Waals surface area contributed by atoms with Crippen LogP contribution in [0.25, 0.3) is 0 Å². The number of carbonyl (C=O) groups is 1. The van der Waals surface area contributed by atoms with Crippen molar-refractivity contribution in [3.63, 3.8) is 0 Å². The number of carbonyl (C=O) groups excluding carboxylic acids is 1. The Morgan fingerprint density at radius 1 is 1.05 bits per heavy atom. The lowest BCUT2D eigenvalue weighted by atomic mass is 9.88. The summed E-state index contributed by atoms with van der Waals surface area (Å²) in [6, 6.07) is 0.101. The summed E-state index contributed by atoms with van der Waals surface area (Å²) in [7, 11) is 0. The van der Waals surface area contributed by atoms with E-state index in [1.807, 2.05) is 0 Å². The maximum atomic E-state index is 12.8. The second kappa shape index (κ2) is 7.13. The third-order valence-corrected chi connectivity index (χ3v) is 5.89. The van der Waals surface area contributed by atoms with E-state index in [0.29, 0.717) is 18.0 Å². The van der Waals surface area contributed by atoms with Gasteiger partial charge in [-0.15, -0.1) is 0 Å². The van der Waals surface area contributed by atoms with Gasteiger partial charge < -0.3 is 4.90 Å². The molecule has 2 saturated carbocycles. The van der Waals surface area contributed by atoms with E-state index in [1.54, 1.807) is 0 Å². The Labute approximate surface area is 129 Å². The topological polar surface area (TPSA) is 32.3 Å². The molecule has 3 nitrogen and oxygen atoms in total. The smallest absolute Gasteiger partial charge is 0.241 e. The monoisotopic (exact) mass is 292 g/mol. The normalized spacial score (nSPS) is 32.2. The number of rotatable bonds is 5. The van der Waals surface area contributed by atoms with E-state index >= 15 is 0 Å². The third-order valence-electron chi connectivity index (χ3n) is 5.89. The van der Waals surface area contributed by atoms with Crippen LogP contribution < -0.4 is 5.32 Å². The maximum Gasteiger partial charge on any atom is 0.241 e. The highest BCUT2D eigenvalue weighted by molar-refractivity contribution is 5.84. The first-order valence-electron chi connectivity index (χ1n) is 9.36. The Morgan fingerprint density at radius 3 is 2.38 bits per heavy atom. The van der Waals surface area contributed by atoms with Crippen molar-refractivity contribution in [3.05, 3.63) is 0 Å². The zero-order chi connectivity index (χ0) is 14.7. The summed E-state index contributed by atoms with van der Waals surface area (Å²) in [5.74, 6) is 1.87. The predicted molar refractivity (Wildman–Crippen MR) is 85.9 cm³/mol. The molecule has 2 unspecified atom stereocenters. The van der Waals surface area contributed by atoms with Crippen LogP contribution in [0.5, 0.6) is 0 Å². The van der Waals surface area contributed by atoms with Crippen LogP contribution in [0, 0.1) is 11.8 Å². The minimum absolute atomic E-state index is 0.101. The Balaban J connectivity index is 1.67. The quantitative estimate of drug-likeness (QED) is 0.838. The highest BCUT2D eigenvalue weighted by atomic mass is 16.2. The van der Waals surface area contributed by atoms with Crippen molar-refractivity contribution >= 4 is 5.91 Å². The summed E-state index contributed by atoms with van der Waals surface area (Å²) in [6.07, 6.45) is 14.6. The Hall–Kier alpha value is -0.570. The van der Waals surface area contributed by atoms with Crippen molar-refractivity contribution in [3.8, 4) is 0 Å². The largest absolute Gasteiger partial charge is 0.325 e. The molecule has 1 N–H and O–H groups in total. The molecule has 120 valence electrons. The van der Waals surface area contributed by atoms with Crippen LogP contribution in [0.1, 0.15) is 77.6 Å². The summed E-state index contributed by atoms with van der Waals surface area (Å²) in [4.78, 5) is 15.1. The van der Waals surface area contributed by atoms with Gasteiger partial charge in [0.05, 0.1) is 12.2 Å². The van der Waals surface area contributed by atoms with Gasteiger partial charge in [0.1, 0.15) is 0 Å². The summed E-state index contributed by atoms with van der Waals surface area (Å²) < 4.78 is 0. The number of nitrogens with one attached hydrogen (secondary N) is 1. The van der Waals surface area contributed by atoms with Crippen molar-refractivity contribution in [2.45, 2.75) is 89.8 Å². The van der Waals surface area contributed by atoms with Crippen LogP contribution in [-0.4, -0.2) is 29.6 Å². The van der Waals surface area contributed by atoms with Gasteiger partial charge in [-0.3, -0.25) is 10.1 Å².